The minimum atomic E-state index is -4.30. The predicted octanol–water partition coefficient (Wildman–Crippen LogP) is 3.65. The first-order chi connectivity index (χ1) is 11.6. The summed E-state index contributed by atoms with van der Waals surface area (Å²) in [5, 5.41) is 9.77. The quantitative estimate of drug-likeness (QED) is 0.899. The fourth-order valence-corrected chi connectivity index (χ4v) is 3.96. The van der Waals surface area contributed by atoms with E-state index in [9.17, 15) is 23.1 Å². The highest BCUT2D eigenvalue weighted by Gasteiger charge is 2.44. The van der Waals surface area contributed by atoms with E-state index in [1.54, 1.807) is 19.1 Å². The number of amides is 1. The zero-order valence-electron chi connectivity index (χ0n) is 14.4. The molecule has 2 fully saturated rings. The van der Waals surface area contributed by atoms with Crippen LogP contribution in [0.1, 0.15) is 43.7 Å². The first-order valence-electron chi connectivity index (χ1n) is 8.81. The molecule has 1 aromatic rings. The fourth-order valence-electron chi connectivity index (χ4n) is 3.96. The van der Waals surface area contributed by atoms with Crippen LogP contribution in [0.2, 0.25) is 0 Å². The molecule has 0 spiro atoms. The van der Waals surface area contributed by atoms with E-state index in [0.29, 0.717) is 31.8 Å². The van der Waals surface area contributed by atoms with Crippen molar-refractivity contribution in [2.24, 2.45) is 11.8 Å². The molecule has 0 aromatic heterocycles. The van der Waals surface area contributed by atoms with E-state index in [0.717, 1.165) is 37.0 Å². The van der Waals surface area contributed by atoms with E-state index in [1.807, 2.05) is 4.90 Å². The van der Waals surface area contributed by atoms with Gasteiger partial charge in [0.2, 0.25) is 5.91 Å². The number of carbonyl (C=O) groups is 1. The Balaban J connectivity index is 1.47. The first kappa shape index (κ1) is 18.2. The molecular formula is C19H24F3NO2. The van der Waals surface area contributed by atoms with Crippen molar-refractivity contribution >= 4 is 5.91 Å². The molecule has 0 unspecified atom stereocenters. The second-order valence-corrected chi connectivity index (χ2v) is 7.77. The predicted molar refractivity (Wildman–Crippen MR) is 87.8 cm³/mol. The highest BCUT2D eigenvalue weighted by Crippen LogP contribution is 2.39. The van der Waals surface area contributed by atoms with Crippen molar-refractivity contribution in [3.63, 3.8) is 0 Å². The standard InChI is InChI=1S/C19H24F3NO2/c1-18(25)11-15(12-18)17(24)23-8-6-14(7-9-23)10-13-2-4-16(5-3-13)19(20,21)22/h2-5,14-15,25H,6-12H2,1H3. The number of hydrogen-bond donors (Lipinski definition) is 1. The molecule has 1 heterocycles. The van der Waals surface area contributed by atoms with Crippen LogP contribution in [-0.4, -0.2) is 34.6 Å². The van der Waals surface area contributed by atoms with Gasteiger partial charge in [-0.25, -0.2) is 0 Å². The summed E-state index contributed by atoms with van der Waals surface area (Å²) in [5.74, 6) is 0.478. The van der Waals surface area contributed by atoms with Gasteiger partial charge in [-0.15, -0.1) is 0 Å². The molecule has 0 atom stereocenters. The van der Waals surface area contributed by atoms with Crippen LogP contribution in [-0.2, 0) is 17.4 Å². The summed E-state index contributed by atoms with van der Waals surface area (Å²) in [6, 6.07) is 5.38. The van der Waals surface area contributed by atoms with Crippen LogP contribution in [0.5, 0.6) is 0 Å². The van der Waals surface area contributed by atoms with Crippen LogP contribution in [0.4, 0.5) is 13.2 Å². The molecule has 6 heteroatoms. The molecule has 3 rings (SSSR count). The number of nitrogens with zero attached hydrogens (tertiary/aromatic N) is 1. The van der Waals surface area contributed by atoms with Crippen LogP contribution < -0.4 is 0 Å². The number of hydrogen-bond acceptors (Lipinski definition) is 2. The molecule has 1 amide bonds. The molecule has 1 N–H and O–H groups in total. The Bertz CT molecular complexity index is 609. The Kier molecular flexibility index (Phi) is 4.84. The lowest BCUT2D eigenvalue weighted by Gasteiger charge is -2.43. The summed E-state index contributed by atoms with van der Waals surface area (Å²) in [4.78, 5) is 14.3. The lowest BCUT2D eigenvalue weighted by atomic mass is 9.71. The third-order valence-corrected chi connectivity index (χ3v) is 5.45. The molecule has 0 radical (unpaired) electrons. The van der Waals surface area contributed by atoms with Gasteiger partial charge in [0.05, 0.1) is 11.2 Å². The summed E-state index contributed by atoms with van der Waals surface area (Å²) in [7, 11) is 0. The van der Waals surface area contributed by atoms with Gasteiger partial charge >= 0.3 is 6.18 Å². The van der Waals surface area contributed by atoms with Crippen LogP contribution in [0.25, 0.3) is 0 Å². The molecule has 1 aliphatic heterocycles. The number of aliphatic hydroxyl groups is 1. The van der Waals surface area contributed by atoms with E-state index in [4.69, 9.17) is 0 Å². The van der Waals surface area contributed by atoms with Crippen molar-refractivity contribution in [2.75, 3.05) is 13.1 Å². The summed E-state index contributed by atoms with van der Waals surface area (Å²) >= 11 is 0. The van der Waals surface area contributed by atoms with Crippen LogP contribution in [0.15, 0.2) is 24.3 Å². The summed E-state index contributed by atoms with van der Waals surface area (Å²) < 4.78 is 37.8. The van der Waals surface area contributed by atoms with Crippen LogP contribution in [0.3, 0.4) is 0 Å². The molecule has 0 bridgehead atoms. The fraction of sp³-hybridized carbons (Fsp3) is 0.632. The van der Waals surface area contributed by atoms with Crippen molar-refractivity contribution in [2.45, 2.75) is 50.8 Å². The van der Waals surface area contributed by atoms with Gasteiger partial charge in [0, 0.05) is 19.0 Å². The minimum absolute atomic E-state index is 0.0542. The van der Waals surface area contributed by atoms with E-state index >= 15 is 0 Å². The van der Waals surface area contributed by atoms with Gasteiger partial charge < -0.3 is 10.0 Å². The molecule has 138 valence electrons. The maximum Gasteiger partial charge on any atom is 0.416 e. The smallest absolute Gasteiger partial charge is 0.390 e. The minimum Gasteiger partial charge on any atom is -0.390 e. The van der Waals surface area contributed by atoms with Gasteiger partial charge in [-0.3, -0.25) is 4.79 Å². The van der Waals surface area contributed by atoms with Crippen molar-refractivity contribution in [3.05, 3.63) is 35.4 Å². The Morgan fingerprint density at radius 1 is 1.20 bits per heavy atom. The number of alkyl halides is 3. The topological polar surface area (TPSA) is 40.5 Å². The van der Waals surface area contributed by atoms with E-state index in [2.05, 4.69) is 0 Å². The van der Waals surface area contributed by atoms with Gasteiger partial charge in [-0.05, 0) is 62.6 Å². The van der Waals surface area contributed by atoms with Gasteiger partial charge in [-0.1, -0.05) is 12.1 Å². The third kappa shape index (κ3) is 4.35. The molecule has 1 aliphatic carbocycles. The number of benzene rings is 1. The number of halogens is 3. The summed E-state index contributed by atoms with van der Waals surface area (Å²) in [5.41, 5.74) is -0.401. The molecule has 3 nitrogen and oxygen atoms in total. The zero-order valence-corrected chi connectivity index (χ0v) is 14.4. The number of carbonyl (C=O) groups excluding carboxylic acids is 1. The monoisotopic (exact) mass is 355 g/mol. The largest absolute Gasteiger partial charge is 0.416 e. The zero-order chi connectivity index (χ0) is 18.2. The lowest BCUT2D eigenvalue weighted by molar-refractivity contribution is -0.151. The van der Waals surface area contributed by atoms with E-state index < -0.39 is 17.3 Å². The van der Waals surface area contributed by atoms with Gasteiger partial charge in [0.1, 0.15) is 0 Å². The Labute approximate surface area is 145 Å². The molecule has 1 saturated carbocycles. The van der Waals surface area contributed by atoms with Crippen molar-refractivity contribution in [1.82, 2.24) is 4.90 Å². The Morgan fingerprint density at radius 2 is 1.76 bits per heavy atom. The number of rotatable bonds is 3. The lowest BCUT2D eigenvalue weighted by Crippen LogP contribution is -2.51. The summed E-state index contributed by atoms with van der Waals surface area (Å²) in [6.07, 6.45) is -0.727. The molecular weight excluding hydrogens is 331 g/mol. The second kappa shape index (κ2) is 6.63. The highest BCUT2D eigenvalue weighted by atomic mass is 19.4. The SMILES string of the molecule is CC1(O)CC(C(=O)N2CCC(Cc3ccc(C(F)(F)F)cc3)CC2)C1. The van der Waals surface area contributed by atoms with Crippen LogP contribution >= 0.6 is 0 Å². The van der Waals surface area contributed by atoms with Crippen molar-refractivity contribution < 1.29 is 23.1 Å². The van der Waals surface area contributed by atoms with Gasteiger partial charge in [0.25, 0.3) is 0 Å². The molecule has 25 heavy (non-hydrogen) atoms. The summed E-state index contributed by atoms with van der Waals surface area (Å²) in [6.45, 7) is 3.15. The van der Waals surface area contributed by atoms with E-state index in [1.165, 1.54) is 0 Å². The normalized spacial score (nSPS) is 27.9. The van der Waals surface area contributed by atoms with Gasteiger partial charge in [0.15, 0.2) is 0 Å². The van der Waals surface area contributed by atoms with Crippen molar-refractivity contribution in [3.8, 4) is 0 Å². The Hall–Kier alpha value is -1.56. The maximum atomic E-state index is 12.6. The average molecular weight is 355 g/mol. The molecule has 1 aromatic carbocycles. The Morgan fingerprint density at radius 3 is 2.24 bits per heavy atom. The average Bonchev–Trinajstić information content (AvgIpc) is 2.52. The second-order valence-electron chi connectivity index (χ2n) is 7.77. The van der Waals surface area contributed by atoms with Crippen LogP contribution in [0, 0.1) is 11.8 Å². The molecule has 2 aliphatic rings. The number of likely N-dealkylation sites (tertiary alicyclic amines) is 1. The maximum absolute atomic E-state index is 12.6. The first-order valence-corrected chi connectivity index (χ1v) is 8.81. The number of piperidine rings is 1. The molecule has 1 saturated heterocycles. The van der Waals surface area contributed by atoms with Gasteiger partial charge in [-0.2, -0.15) is 13.2 Å². The van der Waals surface area contributed by atoms with Crippen molar-refractivity contribution in [1.29, 1.82) is 0 Å². The third-order valence-electron chi connectivity index (χ3n) is 5.45. The highest BCUT2D eigenvalue weighted by molar-refractivity contribution is 5.80. The van der Waals surface area contributed by atoms with E-state index in [-0.39, 0.29) is 11.8 Å².